The molecule has 0 saturated heterocycles. The maximum absolute atomic E-state index is 9.98. The number of hydrogen-bond acceptors (Lipinski definition) is 2. The number of para-hydroxylation sites is 1. The third-order valence-electron chi connectivity index (χ3n) is 4.67. The number of nitrogens with one attached hydrogen (secondary N) is 1. The highest BCUT2D eigenvalue weighted by molar-refractivity contribution is 5.57. The van der Waals surface area contributed by atoms with Crippen LogP contribution in [-0.4, -0.2) is 11.7 Å². The first kappa shape index (κ1) is 15.0. The minimum absolute atomic E-state index is 0.268. The molecule has 0 fully saturated rings. The van der Waals surface area contributed by atoms with Crippen LogP contribution in [0.2, 0.25) is 0 Å². The molecule has 0 radical (unpaired) electrons. The number of anilines is 1. The molecule has 22 heavy (non-hydrogen) atoms. The summed E-state index contributed by atoms with van der Waals surface area (Å²) in [6, 6.07) is 14.3. The molecule has 0 aliphatic carbocycles. The van der Waals surface area contributed by atoms with E-state index in [1.54, 1.807) is 6.07 Å². The largest absolute Gasteiger partial charge is 0.508 e. The van der Waals surface area contributed by atoms with Crippen molar-refractivity contribution >= 4 is 5.69 Å². The molecule has 2 aromatic carbocycles. The smallest absolute Gasteiger partial charge is 0.119 e. The van der Waals surface area contributed by atoms with Crippen molar-refractivity contribution in [2.24, 2.45) is 5.41 Å². The Labute approximate surface area is 133 Å². The van der Waals surface area contributed by atoms with Gasteiger partial charge in [-0.05, 0) is 46.6 Å². The van der Waals surface area contributed by atoms with Crippen LogP contribution in [0.1, 0.15) is 49.8 Å². The van der Waals surface area contributed by atoms with Gasteiger partial charge in [-0.2, -0.15) is 0 Å². The molecule has 2 nitrogen and oxygen atoms in total. The number of aromatic hydroxyl groups is 1. The van der Waals surface area contributed by atoms with E-state index >= 15 is 0 Å². The molecule has 0 amide bonds. The van der Waals surface area contributed by atoms with E-state index in [1.807, 2.05) is 18.2 Å². The van der Waals surface area contributed by atoms with E-state index in [4.69, 9.17) is 0 Å². The Balaban J connectivity index is 1.94. The monoisotopic (exact) mass is 295 g/mol. The maximum atomic E-state index is 9.98. The average molecular weight is 295 g/mol. The summed E-state index contributed by atoms with van der Waals surface area (Å²) in [5, 5.41) is 13.5. The van der Waals surface area contributed by atoms with Gasteiger partial charge in [0, 0.05) is 18.7 Å². The van der Waals surface area contributed by atoms with E-state index in [9.17, 15) is 5.11 Å². The summed E-state index contributed by atoms with van der Waals surface area (Å²) < 4.78 is 0. The summed E-state index contributed by atoms with van der Waals surface area (Å²) in [5.74, 6) is 0.957. The molecule has 1 aliphatic heterocycles. The van der Waals surface area contributed by atoms with Gasteiger partial charge in [-0.1, -0.05) is 51.1 Å². The van der Waals surface area contributed by atoms with Gasteiger partial charge in [0.25, 0.3) is 0 Å². The van der Waals surface area contributed by atoms with Crippen molar-refractivity contribution in [3.05, 3.63) is 59.2 Å². The molecule has 0 saturated carbocycles. The van der Waals surface area contributed by atoms with Crippen LogP contribution >= 0.6 is 0 Å². The molecule has 2 heteroatoms. The molecule has 1 atom stereocenters. The second-order valence-electron chi connectivity index (χ2n) is 7.36. The highest BCUT2D eigenvalue weighted by Crippen LogP contribution is 2.43. The summed E-state index contributed by atoms with van der Waals surface area (Å²) in [6.07, 6.45) is 1.95. The lowest BCUT2D eigenvalue weighted by atomic mass is 9.72. The quantitative estimate of drug-likeness (QED) is 0.823. The molecule has 0 bridgehead atoms. The van der Waals surface area contributed by atoms with Gasteiger partial charge in [0.1, 0.15) is 5.75 Å². The van der Waals surface area contributed by atoms with Gasteiger partial charge in [-0.25, -0.2) is 0 Å². The van der Waals surface area contributed by atoms with Crippen LogP contribution in [0, 0.1) is 5.41 Å². The minimum Gasteiger partial charge on any atom is -0.508 e. The van der Waals surface area contributed by atoms with Crippen LogP contribution in [0.5, 0.6) is 5.75 Å². The van der Waals surface area contributed by atoms with Crippen molar-refractivity contribution in [2.75, 3.05) is 11.9 Å². The second-order valence-corrected chi connectivity index (χ2v) is 7.36. The van der Waals surface area contributed by atoms with Crippen molar-refractivity contribution in [3.8, 4) is 5.75 Å². The Hall–Kier alpha value is -1.96. The molecule has 1 heterocycles. The van der Waals surface area contributed by atoms with Gasteiger partial charge in [0.15, 0.2) is 0 Å². The maximum Gasteiger partial charge on any atom is 0.119 e. The van der Waals surface area contributed by atoms with Crippen molar-refractivity contribution in [2.45, 2.75) is 39.5 Å². The van der Waals surface area contributed by atoms with E-state index in [0.29, 0.717) is 11.7 Å². The fraction of sp³-hybridized carbons (Fsp3) is 0.400. The van der Waals surface area contributed by atoms with Crippen molar-refractivity contribution in [3.63, 3.8) is 0 Å². The van der Waals surface area contributed by atoms with Gasteiger partial charge in [-0.15, -0.1) is 0 Å². The Bertz CT molecular complexity index is 670. The van der Waals surface area contributed by atoms with Crippen LogP contribution < -0.4 is 5.32 Å². The Kier molecular flexibility index (Phi) is 3.86. The first-order valence-electron chi connectivity index (χ1n) is 8.09. The molecule has 1 aliphatic rings. The Morgan fingerprint density at radius 2 is 1.91 bits per heavy atom. The van der Waals surface area contributed by atoms with Gasteiger partial charge in [0.2, 0.25) is 0 Å². The zero-order valence-corrected chi connectivity index (χ0v) is 13.7. The molecular weight excluding hydrogens is 270 g/mol. The average Bonchev–Trinajstić information content (AvgIpc) is 2.48. The molecule has 2 aromatic rings. The topological polar surface area (TPSA) is 32.3 Å². The summed E-state index contributed by atoms with van der Waals surface area (Å²) >= 11 is 0. The van der Waals surface area contributed by atoms with Crippen LogP contribution in [0.4, 0.5) is 5.69 Å². The standard InChI is InChI=1S/C20H25NO/c1-20(2,3)17-10-11-21-18-9-8-14(13-16(17)18)12-15-6-4-5-7-19(15)22/h4-9,13,17,21-22H,10-12H2,1-3H3. The second kappa shape index (κ2) is 5.68. The van der Waals surface area contributed by atoms with E-state index in [-0.39, 0.29) is 5.41 Å². The lowest BCUT2D eigenvalue weighted by Crippen LogP contribution is -2.26. The minimum atomic E-state index is 0.268. The Morgan fingerprint density at radius 1 is 1.14 bits per heavy atom. The number of fused-ring (bicyclic) bond motifs is 1. The fourth-order valence-corrected chi connectivity index (χ4v) is 3.46. The fourth-order valence-electron chi connectivity index (χ4n) is 3.46. The molecule has 0 spiro atoms. The number of rotatable bonds is 2. The zero-order valence-electron chi connectivity index (χ0n) is 13.7. The van der Waals surface area contributed by atoms with Gasteiger partial charge in [-0.3, -0.25) is 0 Å². The third kappa shape index (κ3) is 2.96. The summed E-state index contributed by atoms with van der Waals surface area (Å²) in [5.41, 5.74) is 5.21. The predicted octanol–water partition coefficient (Wildman–Crippen LogP) is 4.93. The van der Waals surface area contributed by atoms with E-state index < -0.39 is 0 Å². The van der Waals surface area contributed by atoms with Crippen molar-refractivity contribution in [1.29, 1.82) is 0 Å². The Morgan fingerprint density at radius 3 is 2.64 bits per heavy atom. The summed E-state index contributed by atoms with van der Waals surface area (Å²) in [4.78, 5) is 0. The summed E-state index contributed by atoms with van der Waals surface area (Å²) in [6.45, 7) is 8.02. The number of hydrogen-bond donors (Lipinski definition) is 2. The SMILES string of the molecule is CC(C)(C)C1CCNc2ccc(Cc3ccccc3O)cc21. The normalized spacial score (nSPS) is 17.7. The number of benzene rings is 2. The van der Waals surface area contributed by atoms with Crippen LogP contribution in [0.3, 0.4) is 0 Å². The molecule has 1 unspecified atom stereocenters. The lowest BCUT2D eigenvalue weighted by Gasteiger charge is -2.36. The first-order chi connectivity index (χ1) is 10.4. The third-order valence-corrected chi connectivity index (χ3v) is 4.67. The van der Waals surface area contributed by atoms with E-state index in [0.717, 1.165) is 18.5 Å². The summed E-state index contributed by atoms with van der Waals surface area (Å²) in [7, 11) is 0. The van der Waals surface area contributed by atoms with Gasteiger partial charge >= 0.3 is 0 Å². The highest BCUT2D eigenvalue weighted by atomic mass is 16.3. The van der Waals surface area contributed by atoms with E-state index in [2.05, 4.69) is 44.3 Å². The lowest BCUT2D eigenvalue weighted by molar-refractivity contribution is 0.305. The molecule has 116 valence electrons. The van der Waals surface area contributed by atoms with Crippen LogP contribution in [0.15, 0.2) is 42.5 Å². The first-order valence-corrected chi connectivity index (χ1v) is 8.09. The van der Waals surface area contributed by atoms with Crippen LogP contribution in [0.25, 0.3) is 0 Å². The molecule has 0 aromatic heterocycles. The van der Waals surface area contributed by atoms with E-state index in [1.165, 1.54) is 23.2 Å². The predicted molar refractivity (Wildman–Crippen MR) is 92.7 cm³/mol. The van der Waals surface area contributed by atoms with Gasteiger partial charge < -0.3 is 10.4 Å². The van der Waals surface area contributed by atoms with Crippen molar-refractivity contribution in [1.82, 2.24) is 0 Å². The number of phenolic OH excluding ortho intramolecular Hbond substituents is 1. The molecular formula is C20H25NO. The van der Waals surface area contributed by atoms with Crippen molar-refractivity contribution < 1.29 is 5.11 Å². The molecule has 2 N–H and O–H groups in total. The zero-order chi connectivity index (χ0) is 15.7. The molecule has 3 rings (SSSR count). The number of phenols is 1. The van der Waals surface area contributed by atoms with Crippen LogP contribution in [-0.2, 0) is 6.42 Å². The van der Waals surface area contributed by atoms with Gasteiger partial charge in [0.05, 0.1) is 0 Å². The highest BCUT2D eigenvalue weighted by Gasteiger charge is 2.30.